The van der Waals surface area contributed by atoms with Gasteiger partial charge in [-0.25, -0.2) is 0 Å². The maximum atomic E-state index is 6.46. The van der Waals surface area contributed by atoms with Crippen molar-refractivity contribution in [1.29, 1.82) is 0 Å². The third-order valence-electron chi connectivity index (χ3n) is 4.81. The molecule has 0 spiro atoms. The van der Waals surface area contributed by atoms with Crippen LogP contribution in [0.3, 0.4) is 0 Å². The number of nitrogens with zero attached hydrogens (tertiary/aromatic N) is 3. The first-order valence-electron chi connectivity index (χ1n) is 9.06. The summed E-state index contributed by atoms with van der Waals surface area (Å²) in [7, 11) is 1.72. The molecule has 0 unspecified atom stereocenters. The fourth-order valence-electron chi connectivity index (χ4n) is 3.44. The van der Waals surface area contributed by atoms with E-state index in [-0.39, 0.29) is 0 Å². The lowest BCUT2D eigenvalue weighted by atomic mass is 10.1. The number of dihydropyridines is 1. The molecule has 0 aliphatic carbocycles. The SMILES string of the molecule is COC1=C(N2CCNCC2)C(NCc2cc3nccnc3cc2Cl)=CNC1. The highest BCUT2D eigenvalue weighted by Crippen LogP contribution is 2.25. The average molecular weight is 387 g/mol. The smallest absolute Gasteiger partial charge is 0.140 e. The zero-order valence-electron chi connectivity index (χ0n) is 15.3. The molecular formula is C19H23ClN6O. The summed E-state index contributed by atoms with van der Waals surface area (Å²) in [5.74, 6) is 0.942. The molecule has 0 amide bonds. The van der Waals surface area contributed by atoms with Gasteiger partial charge in [0, 0.05) is 56.3 Å². The predicted molar refractivity (Wildman–Crippen MR) is 106 cm³/mol. The van der Waals surface area contributed by atoms with Crippen LogP contribution >= 0.6 is 11.6 Å². The Balaban J connectivity index is 1.56. The zero-order valence-corrected chi connectivity index (χ0v) is 16.0. The molecule has 1 fully saturated rings. The van der Waals surface area contributed by atoms with E-state index in [0.717, 1.165) is 59.9 Å². The first kappa shape index (κ1) is 17.9. The van der Waals surface area contributed by atoms with Crippen molar-refractivity contribution in [2.75, 3.05) is 39.8 Å². The Morgan fingerprint density at radius 1 is 1.19 bits per heavy atom. The molecule has 4 rings (SSSR count). The fourth-order valence-corrected chi connectivity index (χ4v) is 3.67. The average Bonchev–Trinajstić information content (AvgIpc) is 2.72. The van der Waals surface area contributed by atoms with Crippen molar-refractivity contribution in [2.45, 2.75) is 6.54 Å². The number of benzene rings is 1. The number of hydrogen-bond acceptors (Lipinski definition) is 7. The van der Waals surface area contributed by atoms with Crippen LogP contribution in [0.2, 0.25) is 5.02 Å². The van der Waals surface area contributed by atoms with Gasteiger partial charge in [-0.3, -0.25) is 9.97 Å². The Morgan fingerprint density at radius 3 is 2.67 bits per heavy atom. The summed E-state index contributed by atoms with van der Waals surface area (Å²) in [5, 5.41) is 10.9. The van der Waals surface area contributed by atoms with Crippen LogP contribution in [-0.4, -0.2) is 54.7 Å². The Morgan fingerprint density at radius 2 is 1.93 bits per heavy atom. The molecule has 1 saturated heterocycles. The van der Waals surface area contributed by atoms with Gasteiger partial charge in [0.1, 0.15) is 11.5 Å². The molecule has 0 atom stereocenters. The van der Waals surface area contributed by atoms with Gasteiger partial charge in [-0.15, -0.1) is 0 Å². The third kappa shape index (κ3) is 3.79. The second-order valence-electron chi connectivity index (χ2n) is 6.49. The monoisotopic (exact) mass is 386 g/mol. The normalized spacial score (nSPS) is 17.6. The standard InChI is InChI=1S/C19H23ClN6O/c1-27-18-12-22-11-17(19(18)26-6-4-21-5-7-26)25-10-13-8-15-16(9-14(13)20)24-3-2-23-15/h2-3,8-9,11,21-22,25H,4-7,10,12H2,1H3. The molecule has 27 heavy (non-hydrogen) atoms. The van der Waals surface area contributed by atoms with Gasteiger partial charge < -0.3 is 25.6 Å². The van der Waals surface area contributed by atoms with Crippen molar-refractivity contribution in [3.63, 3.8) is 0 Å². The maximum Gasteiger partial charge on any atom is 0.140 e. The fraction of sp³-hybridized carbons (Fsp3) is 0.368. The molecule has 8 heteroatoms. The second kappa shape index (κ2) is 8.02. The summed E-state index contributed by atoms with van der Waals surface area (Å²) in [6.07, 6.45) is 5.37. The van der Waals surface area contributed by atoms with Crippen LogP contribution < -0.4 is 16.0 Å². The first-order chi connectivity index (χ1) is 13.3. The van der Waals surface area contributed by atoms with E-state index in [1.54, 1.807) is 19.5 Å². The van der Waals surface area contributed by atoms with Crippen LogP contribution in [0, 0.1) is 0 Å². The molecule has 7 nitrogen and oxygen atoms in total. The summed E-state index contributed by atoms with van der Waals surface area (Å²) in [4.78, 5) is 11.0. The van der Waals surface area contributed by atoms with Gasteiger partial charge in [0.05, 0.1) is 30.4 Å². The van der Waals surface area contributed by atoms with E-state index in [4.69, 9.17) is 16.3 Å². The molecule has 142 valence electrons. The van der Waals surface area contributed by atoms with Crippen molar-refractivity contribution in [2.24, 2.45) is 0 Å². The Labute approximate surface area is 163 Å². The molecule has 2 aromatic rings. The number of aromatic nitrogens is 2. The molecule has 3 heterocycles. The van der Waals surface area contributed by atoms with E-state index >= 15 is 0 Å². The van der Waals surface area contributed by atoms with Crippen molar-refractivity contribution in [1.82, 2.24) is 30.8 Å². The number of hydrogen-bond donors (Lipinski definition) is 3. The van der Waals surface area contributed by atoms with Crippen LogP contribution in [0.25, 0.3) is 11.0 Å². The number of piperazine rings is 1. The van der Waals surface area contributed by atoms with Crippen molar-refractivity contribution < 1.29 is 4.74 Å². The number of nitrogens with one attached hydrogen (secondary N) is 3. The van der Waals surface area contributed by atoms with Crippen LogP contribution in [0.4, 0.5) is 0 Å². The molecule has 2 aliphatic rings. The van der Waals surface area contributed by atoms with E-state index < -0.39 is 0 Å². The van der Waals surface area contributed by atoms with Crippen LogP contribution in [0.1, 0.15) is 5.56 Å². The lowest BCUT2D eigenvalue weighted by Gasteiger charge is -2.35. The Kier molecular flexibility index (Phi) is 5.31. The van der Waals surface area contributed by atoms with Crippen molar-refractivity contribution in [3.8, 4) is 0 Å². The minimum atomic E-state index is 0.589. The number of methoxy groups -OCH3 is 1. The van der Waals surface area contributed by atoms with Crippen LogP contribution in [0.15, 0.2) is 47.9 Å². The summed E-state index contributed by atoms with van der Waals surface area (Å²) in [6, 6.07) is 3.85. The van der Waals surface area contributed by atoms with Gasteiger partial charge in [0.2, 0.25) is 0 Å². The minimum absolute atomic E-state index is 0.589. The van der Waals surface area contributed by atoms with Gasteiger partial charge in [-0.05, 0) is 17.7 Å². The van der Waals surface area contributed by atoms with E-state index in [1.165, 1.54) is 0 Å². The lowest BCUT2D eigenvalue weighted by Crippen LogP contribution is -2.46. The van der Waals surface area contributed by atoms with E-state index in [2.05, 4.69) is 30.8 Å². The largest absolute Gasteiger partial charge is 0.497 e. The lowest BCUT2D eigenvalue weighted by molar-refractivity contribution is 0.233. The minimum Gasteiger partial charge on any atom is -0.497 e. The summed E-state index contributed by atoms with van der Waals surface area (Å²) in [6.45, 7) is 5.12. The van der Waals surface area contributed by atoms with E-state index in [9.17, 15) is 0 Å². The third-order valence-corrected chi connectivity index (χ3v) is 5.17. The topological polar surface area (TPSA) is 74.3 Å². The van der Waals surface area contributed by atoms with Gasteiger partial charge in [-0.1, -0.05) is 11.6 Å². The molecule has 0 bridgehead atoms. The molecular weight excluding hydrogens is 364 g/mol. The van der Waals surface area contributed by atoms with Gasteiger partial charge in [0.25, 0.3) is 0 Å². The molecule has 0 radical (unpaired) electrons. The first-order valence-corrected chi connectivity index (χ1v) is 9.44. The molecule has 2 aliphatic heterocycles. The van der Waals surface area contributed by atoms with E-state index in [0.29, 0.717) is 18.1 Å². The highest BCUT2D eigenvalue weighted by atomic mass is 35.5. The quantitative estimate of drug-likeness (QED) is 0.720. The van der Waals surface area contributed by atoms with Crippen molar-refractivity contribution in [3.05, 3.63) is 58.5 Å². The highest BCUT2D eigenvalue weighted by molar-refractivity contribution is 6.32. The van der Waals surface area contributed by atoms with Gasteiger partial charge in [-0.2, -0.15) is 0 Å². The number of halogens is 1. The second-order valence-corrected chi connectivity index (χ2v) is 6.90. The molecule has 3 N–H and O–H groups in total. The molecule has 1 aromatic heterocycles. The summed E-state index contributed by atoms with van der Waals surface area (Å²) >= 11 is 6.46. The number of ether oxygens (including phenoxy) is 1. The maximum absolute atomic E-state index is 6.46. The molecule has 1 aromatic carbocycles. The summed E-state index contributed by atoms with van der Waals surface area (Å²) < 4.78 is 5.65. The Bertz CT molecular complexity index is 891. The number of rotatable bonds is 5. The van der Waals surface area contributed by atoms with E-state index in [1.807, 2.05) is 18.3 Å². The van der Waals surface area contributed by atoms with Gasteiger partial charge >= 0.3 is 0 Å². The van der Waals surface area contributed by atoms with Crippen LogP contribution in [0.5, 0.6) is 0 Å². The Hall–Kier alpha value is -2.51. The van der Waals surface area contributed by atoms with Crippen LogP contribution in [-0.2, 0) is 11.3 Å². The van der Waals surface area contributed by atoms with Crippen molar-refractivity contribution >= 4 is 22.6 Å². The van der Waals surface area contributed by atoms with Gasteiger partial charge in [0.15, 0.2) is 0 Å². The predicted octanol–water partition coefficient (Wildman–Crippen LogP) is 1.58. The zero-order chi connectivity index (χ0) is 18.6. The summed E-state index contributed by atoms with van der Waals surface area (Å²) in [5.41, 5.74) is 4.75. The highest BCUT2D eigenvalue weighted by Gasteiger charge is 2.24. The number of fused-ring (bicyclic) bond motifs is 1. The molecule has 0 saturated carbocycles.